The van der Waals surface area contributed by atoms with Crippen LogP contribution in [0.4, 0.5) is 16.0 Å². The number of anilines is 2. The summed E-state index contributed by atoms with van der Waals surface area (Å²) in [5, 5.41) is 12.7. The second kappa shape index (κ2) is 9.07. The lowest BCUT2D eigenvalue weighted by Gasteiger charge is -2.20. The summed E-state index contributed by atoms with van der Waals surface area (Å²) in [4.78, 5) is 12.9. The molecule has 2 heterocycles. The fourth-order valence-electron chi connectivity index (χ4n) is 3.80. The number of rotatable bonds is 7. The Hall–Kier alpha value is -4.04. The lowest BCUT2D eigenvalue weighted by atomic mass is 10.1. The molecule has 0 fully saturated rings. The molecule has 0 saturated carbocycles. The third kappa shape index (κ3) is 4.40. The molecule has 4 rings (SSSR count). The topological polar surface area (TPSA) is 140 Å². The minimum Gasteiger partial charge on any atom is -0.382 e. The van der Waals surface area contributed by atoms with Gasteiger partial charge in [0, 0.05) is 12.8 Å². The number of fused-ring (bicyclic) bond motifs is 1. The second-order valence-electron chi connectivity index (χ2n) is 7.78. The highest BCUT2D eigenvalue weighted by Gasteiger charge is 2.25. The summed E-state index contributed by atoms with van der Waals surface area (Å²) in [5.41, 5.74) is 7.66. The second-order valence-corrected chi connectivity index (χ2v) is 9.76. The summed E-state index contributed by atoms with van der Waals surface area (Å²) >= 11 is 0. The molecule has 0 bridgehead atoms. The van der Waals surface area contributed by atoms with Crippen LogP contribution in [0.2, 0.25) is 0 Å². The molecule has 0 aliphatic carbocycles. The molecule has 34 heavy (non-hydrogen) atoms. The van der Waals surface area contributed by atoms with E-state index in [-0.39, 0.29) is 34.5 Å². The first-order valence-electron chi connectivity index (χ1n) is 10.4. The van der Waals surface area contributed by atoms with Crippen LogP contribution >= 0.6 is 0 Å². The molecule has 0 amide bonds. The lowest BCUT2D eigenvalue weighted by Crippen LogP contribution is -2.19. The summed E-state index contributed by atoms with van der Waals surface area (Å²) in [7, 11) is -3.57. The van der Waals surface area contributed by atoms with Crippen molar-refractivity contribution in [1.29, 1.82) is 5.26 Å². The van der Waals surface area contributed by atoms with Crippen molar-refractivity contribution in [2.45, 2.75) is 30.8 Å². The van der Waals surface area contributed by atoms with Gasteiger partial charge in [-0.25, -0.2) is 27.8 Å². The van der Waals surface area contributed by atoms with E-state index in [2.05, 4.69) is 15.3 Å². The predicted molar refractivity (Wildman–Crippen MR) is 126 cm³/mol. The molecule has 174 valence electrons. The van der Waals surface area contributed by atoms with Crippen LogP contribution in [0.15, 0.2) is 53.7 Å². The van der Waals surface area contributed by atoms with Crippen LogP contribution in [0.3, 0.4) is 0 Å². The zero-order valence-electron chi connectivity index (χ0n) is 18.5. The minimum absolute atomic E-state index is 0.0500. The van der Waals surface area contributed by atoms with Crippen molar-refractivity contribution in [2.24, 2.45) is 0 Å². The molecule has 0 saturated heterocycles. The maximum Gasteiger partial charge on any atom is 0.177 e. The van der Waals surface area contributed by atoms with E-state index in [1.54, 1.807) is 28.8 Å². The molecule has 9 nitrogen and oxygen atoms in total. The van der Waals surface area contributed by atoms with Crippen LogP contribution in [0.1, 0.15) is 36.3 Å². The molecule has 0 spiro atoms. The van der Waals surface area contributed by atoms with E-state index in [1.807, 2.05) is 13.0 Å². The Kier molecular flexibility index (Phi) is 6.17. The van der Waals surface area contributed by atoms with Gasteiger partial charge in [0.25, 0.3) is 0 Å². The van der Waals surface area contributed by atoms with Gasteiger partial charge >= 0.3 is 0 Å². The molecule has 0 radical (unpaired) electrons. The number of benzene rings is 2. The average molecular weight is 480 g/mol. The zero-order chi connectivity index (χ0) is 24.5. The van der Waals surface area contributed by atoms with Crippen LogP contribution in [0.5, 0.6) is 0 Å². The number of nitrogens with zero attached hydrogens (tertiary/aromatic N) is 5. The maximum absolute atomic E-state index is 13.5. The molecule has 4 aromatic rings. The van der Waals surface area contributed by atoms with Crippen molar-refractivity contribution < 1.29 is 12.8 Å². The molecule has 2 aromatic carbocycles. The molecule has 3 N–H and O–H groups in total. The van der Waals surface area contributed by atoms with Gasteiger partial charge < -0.3 is 15.6 Å². The van der Waals surface area contributed by atoms with E-state index in [4.69, 9.17) is 10.7 Å². The van der Waals surface area contributed by atoms with Crippen molar-refractivity contribution in [2.75, 3.05) is 17.3 Å². The van der Waals surface area contributed by atoms with E-state index in [1.165, 1.54) is 24.5 Å². The van der Waals surface area contributed by atoms with Crippen molar-refractivity contribution in [3.05, 3.63) is 71.6 Å². The van der Waals surface area contributed by atoms with Gasteiger partial charge in [-0.3, -0.25) is 0 Å². The monoisotopic (exact) mass is 479 g/mol. The first-order valence-corrected chi connectivity index (χ1v) is 12.3. The minimum atomic E-state index is -3.57. The number of imidazole rings is 1. The zero-order valence-corrected chi connectivity index (χ0v) is 19.3. The number of nitrogens with two attached hydrogens (primary N) is 1. The number of aromatic nitrogens is 4. The third-order valence-electron chi connectivity index (χ3n) is 5.43. The highest BCUT2D eigenvalue weighted by Crippen LogP contribution is 2.31. The standard InChI is InChI=1S/C23H22FN7O2S/c1-3-17(29-22-16(11-25)21(26)27-13-28-22)23-30-18-5-4-6-19(34(2,32)33)20(18)31(23)12-14-7-9-15(24)10-8-14/h4-10,13,17H,3,12H2,1-2H3,(H3,26,27,28,29)/t17-/m0/s1. The van der Waals surface area contributed by atoms with Gasteiger partial charge in [0.05, 0.1) is 22.0 Å². The quantitative estimate of drug-likeness (QED) is 0.411. The molecular formula is C23H22FN7O2S. The van der Waals surface area contributed by atoms with Gasteiger partial charge in [-0.05, 0) is 36.2 Å². The number of halogens is 1. The Balaban J connectivity index is 1.91. The number of nitrogen functional groups attached to an aromatic ring is 1. The predicted octanol–water partition coefficient (Wildman–Crippen LogP) is 3.43. The molecule has 0 unspecified atom stereocenters. The fraction of sp³-hybridized carbons (Fsp3) is 0.217. The number of sulfone groups is 1. The van der Waals surface area contributed by atoms with Crippen molar-refractivity contribution in [3.63, 3.8) is 0 Å². The molecule has 2 aromatic heterocycles. The van der Waals surface area contributed by atoms with Crippen LogP contribution in [0, 0.1) is 17.1 Å². The highest BCUT2D eigenvalue weighted by molar-refractivity contribution is 7.91. The third-order valence-corrected chi connectivity index (χ3v) is 6.56. The Morgan fingerprint density at radius 2 is 1.94 bits per heavy atom. The van der Waals surface area contributed by atoms with Crippen molar-refractivity contribution in [1.82, 2.24) is 19.5 Å². The maximum atomic E-state index is 13.5. The lowest BCUT2D eigenvalue weighted by molar-refractivity contribution is 0.600. The molecule has 11 heteroatoms. The number of hydrogen-bond acceptors (Lipinski definition) is 8. The fourth-order valence-corrected chi connectivity index (χ4v) is 4.69. The first kappa shape index (κ1) is 23.1. The SMILES string of the molecule is CC[C@H](Nc1ncnc(N)c1C#N)c1nc2cccc(S(C)(=O)=O)c2n1Cc1ccc(F)cc1. The van der Waals surface area contributed by atoms with E-state index in [0.29, 0.717) is 23.3 Å². The highest BCUT2D eigenvalue weighted by atomic mass is 32.2. The van der Waals surface area contributed by atoms with E-state index in [0.717, 1.165) is 11.8 Å². The van der Waals surface area contributed by atoms with Gasteiger partial charge in [0.2, 0.25) is 0 Å². The number of para-hydroxylation sites is 1. The molecular weight excluding hydrogens is 457 g/mol. The van der Waals surface area contributed by atoms with E-state index in [9.17, 15) is 18.1 Å². The van der Waals surface area contributed by atoms with Gasteiger partial charge in [-0.2, -0.15) is 5.26 Å². The summed E-state index contributed by atoms with van der Waals surface area (Å²) in [6.07, 6.45) is 2.94. The van der Waals surface area contributed by atoms with Gasteiger partial charge in [-0.1, -0.05) is 25.1 Å². The largest absolute Gasteiger partial charge is 0.382 e. The summed E-state index contributed by atoms with van der Waals surface area (Å²) in [5.74, 6) is 0.480. The first-order chi connectivity index (χ1) is 16.2. The van der Waals surface area contributed by atoms with E-state index >= 15 is 0 Å². The summed E-state index contributed by atoms with van der Waals surface area (Å²) < 4.78 is 40.5. The van der Waals surface area contributed by atoms with Crippen LogP contribution in [0.25, 0.3) is 11.0 Å². The van der Waals surface area contributed by atoms with Crippen LogP contribution in [-0.4, -0.2) is 34.2 Å². The smallest absolute Gasteiger partial charge is 0.177 e. The Morgan fingerprint density at radius 1 is 1.21 bits per heavy atom. The molecule has 0 aliphatic heterocycles. The Morgan fingerprint density at radius 3 is 2.59 bits per heavy atom. The van der Waals surface area contributed by atoms with Crippen molar-refractivity contribution >= 4 is 32.5 Å². The molecule has 0 aliphatic rings. The molecule has 1 atom stereocenters. The van der Waals surface area contributed by atoms with Crippen molar-refractivity contribution in [3.8, 4) is 6.07 Å². The summed E-state index contributed by atoms with van der Waals surface area (Å²) in [6, 6.07) is 12.5. The van der Waals surface area contributed by atoms with Crippen LogP contribution < -0.4 is 11.1 Å². The van der Waals surface area contributed by atoms with Gasteiger partial charge in [0.1, 0.15) is 41.2 Å². The van der Waals surface area contributed by atoms with E-state index < -0.39 is 15.9 Å². The number of nitriles is 1. The number of hydrogen-bond donors (Lipinski definition) is 2. The van der Waals surface area contributed by atoms with Gasteiger partial charge in [-0.15, -0.1) is 0 Å². The average Bonchev–Trinajstić information content (AvgIpc) is 3.16. The number of nitrogens with one attached hydrogen (secondary N) is 1. The van der Waals surface area contributed by atoms with Gasteiger partial charge in [0.15, 0.2) is 9.84 Å². The van der Waals surface area contributed by atoms with Crippen LogP contribution in [-0.2, 0) is 16.4 Å². The Labute approximate surface area is 196 Å². The summed E-state index contributed by atoms with van der Waals surface area (Å²) in [6.45, 7) is 2.18. The Bertz CT molecular complexity index is 1510. The normalized spacial score (nSPS) is 12.4.